The molecule has 6 nitrogen and oxygen atoms in total. The summed E-state index contributed by atoms with van der Waals surface area (Å²) >= 11 is 0. The van der Waals surface area contributed by atoms with E-state index in [4.69, 9.17) is 5.11 Å². The van der Waals surface area contributed by atoms with Crippen LogP contribution in [0.1, 0.15) is 23.2 Å². The first-order valence-electron chi connectivity index (χ1n) is 8.35. The molecule has 2 rings (SSSR count). The van der Waals surface area contributed by atoms with Crippen molar-refractivity contribution in [2.45, 2.75) is 12.8 Å². The second kappa shape index (κ2) is 9.43. The third-order valence-electron chi connectivity index (χ3n) is 4.17. The van der Waals surface area contributed by atoms with Crippen molar-refractivity contribution in [1.29, 1.82) is 0 Å². The van der Waals surface area contributed by atoms with Gasteiger partial charge in [0, 0.05) is 51.8 Å². The molecular weight excluding hydrogens is 332 g/mol. The Kier molecular flexibility index (Phi) is 7.27. The van der Waals surface area contributed by atoms with Gasteiger partial charge in [-0.3, -0.25) is 14.5 Å². The van der Waals surface area contributed by atoms with Crippen LogP contribution in [0.5, 0.6) is 0 Å². The van der Waals surface area contributed by atoms with Gasteiger partial charge in [0.15, 0.2) is 0 Å². The molecule has 0 aliphatic carbocycles. The fraction of sp³-hybridized carbons (Fsp3) is 0.529. The monoisotopic (exact) mass is 355 g/mol. The van der Waals surface area contributed by atoms with Crippen LogP contribution < -0.4 is 5.32 Å². The Labute approximate surface area is 145 Å². The molecule has 1 aromatic carbocycles. The molecule has 25 heavy (non-hydrogen) atoms. The summed E-state index contributed by atoms with van der Waals surface area (Å²) in [4.78, 5) is 27.8. The smallest absolute Gasteiger partial charge is 0.254 e. The van der Waals surface area contributed by atoms with Gasteiger partial charge in [0.05, 0.1) is 12.2 Å². The van der Waals surface area contributed by atoms with Crippen LogP contribution in [0.15, 0.2) is 18.2 Å². The van der Waals surface area contributed by atoms with Crippen molar-refractivity contribution in [3.05, 3.63) is 35.4 Å². The number of carbonyl (C=O) groups is 2. The average Bonchev–Trinajstić information content (AvgIpc) is 2.59. The minimum absolute atomic E-state index is 0.0193. The first-order valence-corrected chi connectivity index (χ1v) is 8.35. The zero-order chi connectivity index (χ0) is 18.2. The van der Waals surface area contributed by atoms with Crippen LogP contribution in [0.4, 0.5) is 8.78 Å². The predicted octanol–water partition coefficient (Wildman–Crippen LogP) is 0.611. The molecule has 138 valence electrons. The summed E-state index contributed by atoms with van der Waals surface area (Å²) in [6.45, 7) is 3.72. The lowest BCUT2D eigenvalue weighted by atomic mass is 10.2. The number of carbonyl (C=O) groups excluding carboxylic acids is 2. The van der Waals surface area contributed by atoms with Crippen LogP contribution in [0.25, 0.3) is 0 Å². The fourth-order valence-electron chi connectivity index (χ4n) is 2.73. The average molecular weight is 355 g/mol. The summed E-state index contributed by atoms with van der Waals surface area (Å²) in [6, 6.07) is 2.78. The Morgan fingerprint density at radius 2 is 1.88 bits per heavy atom. The number of rotatable bonds is 7. The van der Waals surface area contributed by atoms with Gasteiger partial charge in [0.1, 0.15) is 11.6 Å². The third-order valence-corrected chi connectivity index (χ3v) is 4.17. The van der Waals surface area contributed by atoms with Gasteiger partial charge in [0.25, 0.3) is 5.91 Å². The molecule has 2 amide bonds. The lowest BCUT2D eigenvalue weighted by Gasteiger charge is -2.34. The molecule has 0 unspecified atom stereocenters. The highest BCUT2D eigenvalue weighted by Gasteiger charge is 2.20. The Balaban J connectivity index is 1.67. The molecule has 2 N–H and O–H groups in total. The molecule has 1 saturated heterocycles. The molecule has 0 radical (unpaired) electrons. The summed E-state index contributed by atoms with van der Waals surface area (Å²) in [6.07, 6.45) is 0.746. The molecule has 1 heterocycles. The van der Waals surface area contributed by atoms with Crippen molar-refractivity contribution in [3.8, 4) is 0 Å². The number of aliphatic hydroxyl groups is 1. The number of β-amino-alcohol motifs (C(OH)–C–C–N with tert-alkyl or cyclic N) is 1. The number of benzene rings is 1. The summed E-state index contributed by atoms with van der Waals surface area (Å²) in [7, 11) is 0. The fourth-order valence-corrected chi connectivity index (χ4v) is 2.73. The Bertz CT molecular complexity index is 605. The summed E-state index contributed by atoms with van der Waals surface area (Å²) in [5.41, 5.74) is -0.215. The SMILES string of the molecule is O=C(NCCCC(=O)N1CCN(CCO)CC1)c1ccc(F)cc1F. The topological polar surface area (TPSA) is 72.9 Å². The zero-order valence-corrected chi connectivity index (χ0v) is 14.0. The van der Waals surface area contributed by atoms with Crippen molar-refractivity contribution in [1.82, 2.24) is 15.1 Å². The van der Waals surface area contributed by atoms with Gasteiger partial charge >= 0.3 is 0 Å². The molecule has 1 fully saturated rings. The highest BCUT2D eigenvalue weighted by atomic mass is 19.1. The number of nitrogens with zero attached hydrogens (tertiary/aromatic N) is 2. The van der Waals surface area contributed by atoms with Gasteiger partial charge in [0.2, 0.25) is 5.91 Å². The van der Waals surface area contributed by atoms with E-state index in [2.05, 4.69) is 10.2 Å². The molecule has 0 aromatic heterocycles. The van der Waals surface area contributed by atoms with Gasteiger partial charge < -0.3 is 15.3 Å². The van der Waals surface area contributed by atoms with E-state index in [1.165, 1.54) is 0 Å². The molecule has 0 bridgehead atoms. The molecule has 1 aliphatic rings. The maximum Gasteiger partial charge on any atom is 0.254 e. The van der Waals surface area contributed by atoms with Crippen molar-refractivity contribution in [3.63, 3.8) is 0 Å². The van der Waals surface area contributed by atoms with Crippen LogP contribution in [0.3, 0.4) is 0 Å². The van der Waals surface area contributed by atoms with E-state index in [1.54, 1.807) is 4.90 Å². The lowest BCUT2D eigenvalue weighted by Crippen LogP contribution is -2.49. The van der Waals surface area contributed by atoms with Crippen LogP contribution in [-0.2, 0) is 4.79 Å². The summed E-state index contributed by atoms with van der Waals surface area (Å²) in [5, 5.41) is 11.4. The van der Waals surface area contributed by atoms with Crippen LogP contribution in [-0.4, -0.2) is 72.6 Å². The van der Waals surface area contributed by atoms with Crippen LogP contribution in [0, 0.1) is 11.6 Å². The van der Waals surface area contributed by atoms with E-state index in [0.29, 0.717) is 38.5 Å². The minimum atomic E-state index is -0.908. The largest absolute Gasteiger partial charge is 0.395 e. The summed E-state index contributed by atoms with van der Waals surface area (Å²) < 4.78 is 26.3. The first kappa shape index (κ1) is 19.3. The molecular formula is C17H23F2N3O3. The molecule has 0 atom stereocenters. The predicted molar refractivity (Wildman–Crippen MR) is 88.0 cm³/mol. The van der Waals surface area contributed by atoms with E-state index >= 15 is 0 Å². The van der Waals surface area contributed by atoms with Crippen molar-refractivity contribution < 1.29 is 23.5 Å². The Morgan fingerprint density at radius 1 is 1.16 bits per heavy atom. The third kappa shape index (κ3) is 5.75. The van der Waals surface area contributed by atoms with Gasteiger partial charge in [-0.2, -0.15) is 0 Å². The highest BCUT2D eigenvalue weighted by molar-refractivity contribution is 5.94. The van der Waals surface area contributed by atoms with Gasteiger partial charge in [-0.25, -0.2) is 8.78 Å². The Morgan fingerprint density at radius 3 is 2.52 bits per heavy atom. The van der Waals surface area contributed by atoms with E-state index < -0.39 is 17.5 Å². The van der Waals surface area contributed by atoms with Crippen LogP contribution in [0.2, 0.25) is 0 Å². The second-order valence-electron chi connectivity index (χ2n) is 5.93. The van der Waals surface area contributed by atoms with Gasteiger partial charge in [-0.1, -0.05) is 0 Å². The quantitative estimate of drug-likeness (QED) is 0.703. The van der Waals surface area contributed by atoms with Crippen molar-refractivity contribution >= 4 is 11.8 Å². The van der Waals surface area contributed by atoms with E-state index in [9.17, 15) is 18.4 Å². The number of hydrogen-bond acceptors (Lipinski definition) is 4. The maximum absolute atomic E-state index is 13.5. The van der Waals surface area contributed by atoms with Gasteiger partial charge in [-0.15, -0.1) is 0 Å². The minimum Gasteiger partial charge on any atom is -0.395 e. The number of hydrogen-bond donors (Lipinski definition) is 2. The van der Waals surface area contributed by atoms with Crippen molar-refractivity contribution in [2.75, 3.05) is 45.9 Å². The number of piperazine rings is 1. The standard InChI is InChI=1S/C17H23F2N3O3/c18-13-3-4-14(15(19)12-13)17(25)20-5-1-2-16(24)22-8-6-21(7-9-22)10-11-23/h3-4,12,23H,1-2,5-11H2,(H,20,25). The van der Waals surface area contributed by atoms with Crippen molar-refractivity contribution in [2.24, 2.45) is 0 Å². The number of nitrogens with one attached hydrogen (secondary N) is 1. The molecule has 0 saturated carbocycles. The molecule has 1 aromatic rings. The summed E-state index contributed by atoms with van der Waals surface area (Å²) in [5.74, 6) is -2.25. The Hall–Kier alpha value is -2.06. The molecule has 8 heteroatoms. The zero-order valence-electron chi connectivity index (χ0n) is 14.0. The number of aliphatic hydroxyl groups excluding tert-OH is 1. The van der Waals surface area contributed by atoms with E-state index in [1.807, 2.05) is 0 Å². The van der Waals surface area contributed by atoms with Crippen LogP contribution >= 0.6 is 0 Å². The highest BCUT2D eigenvalue weighted by Crippen LogP contribution is 2.09. The number of halogens is 2. The normalized spacial score (nSPS) is 15.2. The van der Waals surface area contributed by atoms with E-state index in [-0.39, 0.29) is 24.6 Å². The van der Waals surface area contributed by atoms with Gasteiger partial charge in [-0.05, 0) is 18.6 Å². The molecule has 1 aliphatic heterocycles. The maximum atomic E-state index is 13.5. The first-order chi connectivity index (χ1) is 12.0. The number of amides is 2. The van der Waals surface area contributed by atoms with E-state index in [0.717, 1.165) is 25.2 Å². The lowest BCUT2D eigenvalue weighted by molar-refractivity contribution is -0.133. The molecule has 0 spiro atoms. The second-order valence-corrected chi connectivity index (χ2v) is 5.93.